The van der Waals surface area contributed by atoms with Crippen LogP contribution in [0.2, 0.25) is 0 Å². The molecule has 2 rings (SSSR count). The van der Waals surface area contributed by atoms with E-state index in [4.69, 9.17) is 5.73 Å². The van der Waals surface area contributed by atoms with Crippen LogP contribution in [0.1, 0.15) is 46.0 Å². The van der Waals surface area contributed by atoms with Crippen molar-refractivity contribution in [2.24, 2.45) is 10.7 Å². The van der Waals surface area contributed by atoms with Gasteiger partial charge in [0.2, 0.25) is 0 Å². The van der Waals surface area contributed by atoms with Crippen LogP contribution in [0.5, 0.6) is 0 Å². The van der Waals surface area contributed by atoms with E-state index in [9.17, 15) is 0 Å². The van der Waals surface area contributed by atoms with E-state index in [0.29, 0.717) is 0 Å². The number of rotatable bonds is 5. The molecule has 4 heteroatoms. The molecule has 0 atom stereocenters. The van der Waals surface area contributed by atoms with Gasteiger partial charge in [0.1, 0.15) is 0 Å². The Morgan fingerprint density at radius 2 is 1.89 bits per heavy atom. The zero-order valence-electron chi connectivity index (χ0n) is 12.0. The molecule has 4 nitrogen and oxygen atoms in total. The van der Waals surface area contributed by atoms with E-state index in [0.717, 1.165) is 38.7 Å². The van der Waals surface area contributed by atoms with Crippen molar-refractivity contribution < 1.29 is 0 Å². The Morgan fingerprint density at radius 3 is 2.50 bits per heavy atom. The Hall–Kier alpha value is -0.770. The molecule has 1 saturated carbocycles. The number of hydrogen-bond donors (Lipinski definition) is 1. The molecule has 18 heavy (non-hydrogen) atoms. The Kier molecular flexibility index (Phi) is 4.49. The van der Waals surface area contributed by atoms with Crippen molar-refractivity contribution >= 4 is 5.96 Å². The van der Waals surface area contributed by atoms with Crippen LogP contribution in [0.4, 0.5) is 0 Å². The fraction of sp³-hybridized carbons (Fsp3) is 0.929. The van der Waals surface area contributed by atoms with E-state index >= 15 is 0 Å². The van der Waals surface area contributed by atoms with E-state index in [1.165, 1.54) is 32.1 Å². The maximum absolute atomic E-state index is 6.11. The van der Waals surface area contributed by atoms with E-state index in [1.54, 1.807) is 0 Å². The Bertz CT molecular complexity index is 290. The number of nitrogens with two attached hydrogens (primary N) is 1. The SMILES string of the molecule is CCN(CC)CCN1C(N)=NCC12CCCCC2. The van der Waals surface area contributed by atoms with Crippen molar-refractivity contribution in [3.8, 4) is 0 Å². The van der Waals surface area contributed by atoms with Gasteiger partial charge in [0.05, 0.1) is 12.1 Å². The molecule has 0 aromatic heterocycles. The van der Waals surface area contributed by atoms with Crippen LogP contribution in [-0.2, 0) is 0 Å². The molecular formula is C14H28N4. The maximum Gasteiger partial charge on any atom is 0.191 e. The first-order valence-corrected chi connectivity index (χ1v) is 7.52. The topological polar surface area (TPSA) is 44.9 Å². The van der Waals surface area contributed by atoms with Gasteiger partial charge in [-0.15, -0.1) is 0 Å². The summed E-state index contributed by atoms with van der Waals surface area (Å²) in [6.07, 6.45) is 6.60. The predicted molar refractivity (Wildman–Crippen MR) is 76.8 cm³/mol. The second-order valence-electron chi connectivity index (χ2n) is 5.64. The summed E-state index contributed by atoms with van der Waals surface area (Å²) in [7, 11) is 0. The lowest BCUT2D eigenvalue weighted by Gasteiger charge is -2.42. The molecule has 1 aliphatic heterocycles. The first-order chi connectivity index (χ1) is 8.72. The standard InChI is InChI=1S/C14H28N4/c1-3-17(4-2)10-11-18-13(15)16-12-14(18)8-6-5-7-9-14/h3-12H2,1-2H3,(H2,15,16). The molecule has 1 aliphatic carbocycles. The van der Waals surface area contributed by atoms with Crippen molar-refractivity contribution in [1.82, 2.24) is 9.80 Å². The van der Waals surface area contributed by atoms with Gasteiger partial charge in [-0.2, -0.15) is 0 Å². The molecule has 0 amide bonds. The molecular weight excluding hydrogens is 224 g/mol. The van der Waals surface area contributed by atoms with Crippen LogP contribution in [0.15, 0.2) is 4.99 Å². The monoisotopic (exact) mass is 252 g/mol. The van der Waals surface area contributed by atoms with Gasteiger partial charge in [-0.3, -0.25) is 4.99 Å². The number of likely N-dealkylation sites (N-methyl/N-ethyl adjacent to an activating group) is 1. The van der Waals surface area contributed by atoms with Gasteiger partial charge in [-0.05, 0) is 25.9 Å². The zero-order valence-corrected chi connectivity index (χ0v) is 12.0. The molecule has 2 N–H and O–H groups in total. The van der Waals surface area contributed by atoms with E-state index < -0.39 is 0 Å². The molecule has 1 spiro atoms. The van der Waals surface area contributed by atoms with Gasteiger partial charge < -0.3 is 15.5 Å². The summed E-state index contributed by atoms with van der Waals surface area (Å²) in [5.41, 5.74) is 6.38. The molecule has 0 bridgehead atoms. The molecule has 0 radical (unpaired) electrons. The Balaban J connectivity index is 1.96. The first-order valence-electron chi connectivity index (χ1n) is 7.52. The largest absolute Gasteiger partial charge is 0.370 e. The Morgan fingerprint density at radius 1 is 1.22 bits per heavy atom. The number of aliphatic imine (C=N–C) groups is 1. The minimum absolute atomic E-state index is 0.273. The number of guanidine groups is 1. The summed E-state index contributed by atoms with van der Waals surface area (Å²) in [5.74, 6) is 0.782. The molecule has 0 aromatic carbocycles. The highest BCUT2D eigenvalue weighted by Gasteiger charge is 2.42. The van der Waals surface area contributed by atoms with Gasteiger partial charge in [-0.25, -0.2) is 0 Å². The second-order valence-corrected chi connectivity index (χ2v) is 5.64. The lowest BCUT2D eigenvalue weighted by atomic mass is 9.81. The van der Waals surface area contributed by atoms with E-state index in [1.807, 2.05) is 0 Å². The van der Waals surface area contributed by atoms with Crippen LogP contribution >= 0.6 is 0 Å². The van der Waals surface area contributed by atoms with Crippen molar-refractivity contribution in [2.75, 3.05) is 32.7 Å². The fourth-order valence-electron chi connectivity index (χ4n) is 3.41. The van der Waals surface area contributed by atoms with Crippen LogP contribution in [0.25, 0.3) is 0 Å². The third-order valence-electron chi connectivity index (χ3n) is 4.70. The van der Waals surface area contributed by atoms with Crippen molar-refractivity contribution in [3.63, 3.8) is 0 Å². The molecule has 1 fully saturated rings. The summed E-state index contributed by atoms with van der Waals surface area (Å²) in [5, 5.41) is 0. The smallest absolute Gasteiger partial charge is 0.191 e. The van der Waals surface area contributed by atoms with Gasteiger partial charge in [0.15, 0.2) is 5.96 Å². The quantitative estimate of drug-likeness (QED) is 0.809. The van der Waals surface area contributed by atoms with Gasteiger partial charge in [0, 0.05) is 13.1 Å². The minimum Gasteiger partial charge on any atom is -0.370 e. The molecule has 104 valence electrons. The van der Waals surface area contributed by atoms with Gasteiger partial charge in [0.25, 0.3) is 0 Å². The summed E-state index contributed by atoms with van der Waals surface area (Å²) >= 11 is 0. The van der Waals surface area contributed by atoms with Crippen molar-refractivity contribution in [2.45, 2.75) is 51.5 Å². The Labute approximate surface area is 111 Å². The van der Waals surface area contributed by atoms with E-state index in [-0.39, 0.29) is 5.54 Å². The fourth-order valence-corrected chi connectivity index (χ4v) is 3.41. The van der Waals surface area contributed by atoms with Crippen LogP contribution in [-0.4, -0.2) is 54.0 Å². The summed E-state index contributed by atoms with van der Waals surface area (Å²) in [4.78, 5) is 9.39. The first kappa shape index (κ1) is 13.7. The lowest BCUT2D eigenvalue weighted by molar-refractivity contribution is 0.127. The van der Waals surface area contributed by atoms with Crippen molar-refractivity contribution in [3.05, 3.63) is 0 Å². The average Bonchev–Trinajstić information content (AvgIpc) is 2.69. The third kappa shape index (κ3) is 2.63. The van der Waals surface area contributed by atoms with Crippen molar-refractivity contribution in [1.29, 1.82) is 0 Å². The molecule has 1 heterocycles. The molecule has 0 saturated heterocycles. The average molecular weight is 252 g/mol. The third-order valence-corrected chi connectivity index (χ3v) is 4.70. The van der Waals surface area contributed by atoms with Crippen LogP contribution < -0.4 is 5.73 Å². The zero-order chi connectivity index (χ0) is 13.0. The molecule has 0 aromatic rings. The summed E-state index contributed by atoms with van der Waals surface area (Å²) in [6, 6.07) is 0. The number of nitrogens with zero attached hydrogens (tertiary/aromatic N) is 3. The normalized spacial score (nSPS) is 22.8. The highest BCUT2D eigenvalue weighted by atomic mass is 15.4. The van der Waals surface area contributed by atoms with Crippen LogP contribution in [0, 0.1) is 0 Å². The predicted octanol–water partition coefficient (Wildman–Crippen LogP) is 1.66. The highest BCUT2D eigenvalue weighted by molar-refractivity contribution is 5.81. The van der Waals surface area contributed by atoms with Crippen LogP contribution in [0.3, 0.4) is 0 Å². The lowest BCUT2D eigenvalue weighted by Crippen LogP contribution is -2.54. The summed E-state index contributed by atoms with van der Waals surface area (Å²) < 4.78 is 0. The second kappa shape index (κ2) is 5.91. The molecule has 2 aliphatic rings. The minimum atomic E-state index is 0.273. The highest BCUT2D eigenvalue weighted by Crippen LogP contribution is 2.36. The maximum atomic E-state index is 6.11. The number of hydrogen-bond acceptors (Lipinski definition) is 4. The van der Waals surface area contributed by atoms with E-state index in [2.05, 4.69) is 28.6 Å². The summed E-state index contributed by atoms with van der Waals surface area (Å²) in [6.45, 7) is 9.75. The van der Waals surface area contributed by atoms with Gasteiger partial charge >= 0.3 is 0 Å². The van der Waals surface area contributed by atoms with Gasteiger partial charge in [-0.1, -0.05) is 33.1 Å². The molecule has 0 unspecified atom stereocenters.